The number of fused-ring (bicyclic) bond motifs is 10. The predicted molar refractivity (Wildman–Crippen MR) is 201 cm³/mol. The molecule has 0 atom stereocenters. The molecule has 47 heavy (non-hydrogen) atoms. The highest BCUT2D eigenvalue weighted by Gasteiger charge is 2.15. The molecule has 0 radical (unpaired) electrons. The molecule has 0 saturated carbocycles. The first-order chi connectivity index (χ1) is 23.3. The lowest BCUT2D eigenvalue weighted by Crippen LogP contribution is -1.91. The minimum absolute atomic E-state index is 0.926. The van der Waals surface area contributed by atoms with Crippen molar-refractivity contribution in [3.05, 3.63) is 158 Å². The van der Waals surface area contributed by atoms with Gasteiger partial charge in [0.2, 0.25) is 0 Å². The molecule has 3 heteroatoms. The van der Waals surface area contributed by atoms with Gasteiger partial charge in [-0.2, -0.15) is 0 Å². The quantitative estimate of drug-likeness (QED) is 0.185. The van der Waals surface area contributed by atoms with Crippen LogP contribution in [0.5, 0.6) is 0 Å². The van der Waals surface area contributed by atoms with E-state index in [0.717, 1.165) is 44.3 Å². The predicted octanol–water partition coefficient (Wildman–Crippen LogP) is 12.5. The Hall–Kier alpha value is -5.90. The van der Waals surface area contributed by atoms with Crippen LogP contribution in [0.1, 0.15) is 0 Å². The lowest BCUT2D eigenvalue weighted by Gasteiger charge is -2.13. The fourth-order valence-electron chi connectivity index (χ4n) is 7.13. The first-order valence-corrected chi connectivity index (χ1v) is 16.7. The Bertz CT molecular complexity index is 2830. The summed E-state index contributed by atoms with van der Waals surface area (Å²) >= 11 is 1.90. The molecule has 0 unspecified atom stereocenters. The van der Waals surface area contributed by atoms with Crippen molar-refractivity contribution in [3.8, 4) is 33.6 Å². The SMILES string of the molecule is c1ccc(-c2ccc3ccc4ccc(-c5ccc(-c6cc7ccc8c9ccccc9sc8c7c7ccccc67)cc5)nc4c3n2)cc1. The minimum Gasteiger partial charge on any atom is -0.245 e. The second kappa shape index (κ2) is 10.3. The number of thiophene rings is 1. The molecule has 0 N–H and O–H groups in total. The third-order valence-electron chi connectivity index (χ3n) is 9.45. The molecule has 0 aliphatic carbocycles. The van der Waals surface area contributed by atoms with Crippen LogP contribution >= 0.6 is 11.3 Å². The van der Waals surface area contributed by atoms with Crippen molar-refractivity contribution in [3.63, 3.8) is 0 Å². The molecule has 0 fully saturated rings. The Morgan fingerprint density at radius 1 is 0.383 bits per heavy atom. The molecule has 7 aromatic carbocycles. The van der Waals surface area contributed by atoms with Crippen molar-refractivity contribution < 1.29 is 0 Å². The third-order valence-corrected chi connectivity index (χ3v) is 10.7. The molecular formula is C44H26N2S. The monoisotopic (exact) mass is 614 g/mol. The van der Waals surface area contributed by atoms with Crippen molar-refractivity contribution in [1.29, 1.82) is 0 Å². The van der Waals surface area contributed by atoms with Gasteiger partial charge in [0, 0.05) is 47.5 Å². The highest BCUT2D eigenvalue weighted by Crippen LogP contribution is 2.43. The van der Waals surface area contributed by atoms with E-state index in [2.05, 4.69) is 152 Å². The van der Waals surface area contributed by atoms with Crippen LogP contribution < -0.4 is 0 Å². The molecule has 0 saturated heterocycles. The molecule has 0 aliphatic heterocycles. The summed E-state index contributed by atoms with van der Waals surface area (Å²) in [5.74, 6) is 0. The fraction of sp³-hybridized carbons (Fsp3) is 0. The Kier molecular flexibility index (Phi) is 5.78. The van der Waals surface area contributed by atoms with Gasteiger partial charge in [-0.15, -0.1) is 11.3 Å². The average Bonchev–Trinajstić information content (AvgIpc) is 3.53. The maximum atomic E-state index is 5.19. The van der Waals surface area contributed by atoms with Crippen LogP contribution in [-0.4, -0.2) is 9.97 Å². The van der Waals surface area contributed by atoms with Gasteiger partial charge < -0.3 is 0 Å². The summed E-state index contributed by atoms with van der Waals surface area (Å²) < 4.78 is 2.70. The highest BCUT2D eigenvalue weighted by atomic mass is 32.1. The fourth-order valence-corrected chi connectivity index (χ4v) is 8.40. The Morgan fingerprint density at radius 2 is 0.936 bits per heavy atom. The molecule has 218 valence electrons. The van der Waals surface area contributed by atoms with Gasteiger partial charge in [0.15, 0.2) is 0 Å². The Labute approximate surface area is 275 Å². The second-order valence-corrected chi connectivity index (χ2v) is 13.2. The number of hydrogen-bond donors (Lipinski definition) is 0. The van der Waals surface area contributed by atoms with Gasteiger partial charge in [-0.05, 0) is 51.6 Å². The molecule has 2 nitrogen and oxygen atoms in total. The van der Waals surface area contributed by atoms with E-state index in [-0.39, 0.29) is 0 Å². The minimum atomic E-state index is 0.926. The number of rotatable bonds is 3. The Morgan fingerprint density at radius 3 is 1.66 bits per heavy atom. The van der Waals surface area contributed by atoms with E-state index in [1.165, 1.54) is 52.8 Å². The van der Waals surface area contributed by atoms with Crippen LogP contribution in [0.15, 0.2) is 158 Å². The molecule has 3 aromatic heterocycles. The molecule has 10 aromatic rings. The Balaban J connectivity index is 1.09. The molecular weight excluding hydrogens is 589 g/mol. The van der Waals surface area contributed by atoms with Gasteiger partial charge in [-0.3, -0.25) is 0 Å². The van der Waals surface area contributed by atoms with E-state index in [1.54, 1.807) is 0 Å². The van der Waals surface area contributed by atoms with Crippen LogP contribution in [0.4, 0.5) is 0 Å². The van der Waals surface area contributed by atoms with E-state index in [9.17, 15) is 0 Å². The van der Waals surface area contributed by atoms with Crippen molar-refractivity contribution >= 4 is 74.9 Å². The zero-order chi connectivity index (χ0) is 30.9. The van der Waals surface area contributed by atoms with E-state index in [4.69, 9.17) is 9.97 Å². The number of aromatic nitrogens is 2. The first kappa shape index (κ1) is 26.3. The summed E-state index contributed by atoms with van der Waals surface area (Å²) in [6, 6.07) is 56.5. The normalized spacial score (nSPS) is 11.8. The lowest BCUT2D eigenvalue weighted by atomic mass is 9.92. The zero-order valence-corrected chi connectivity index (χ0v) is 26.1. The van der Waals surface area contributed by atoms with Crippen molar-refractivity contribution in [2.75, 3.05) is 0 Å². The van der Waals surface area contributed by atoms with Crippen molar-refractivity contribution in [2.24, 2.45) is 0 Å². The average molecular weight is 615 g/mol. The van der Waals surface area contributed by atoms with E-state index in [1.807, 2.05) is 17.4 Å². The van der Waals surface area contributed by atoms with E-state index in [0.29, 0.717) is 0 Å². The highest BCUT2D eigenvalue weighted by molar-refractivity contribution is 7.26. The zero-order valence-electron chi connectivity index (χ0n) is 25.3. The van der Waals surface area contributed by atoms with Crippen molar-refractivity contribution in [2.45, 2.75) is 0 Å². The van der Waals surface area contributed by atoms with Crippen LogP contribution in [0, 0.1) is 0 Å². The smallest absolute Gasteiger partial charge is 0.0972 e. The van der Waals surface area contributed by atoms with Gasteiger partial charge in [-0.25, -0.2) is 9.97 Å². The first-order valence-electron chi connectivity index (χ1n) is 15.9. The molecule has 0 bridgehead atoms. The van der Waals surface area contributed by atoms with Gasteiger partial charge >= 0.3 is 0 Å². The summed E-state index contributed by atoms with van der Waals surface area (Å²) in [5, 5.41) is 10.0. The van der Waals surface area contributed by atoms with Crippen LogP contribution in [0.3, 0.4) is 0 Å². The maximum absolute atomic E-state index is 5.19. The molecule has 0 amide bonds. The summed E-state index contributed by atoms with van der Waals surface area (Å²) in [5.41, 5.74) is 8.39. The summed E-state index contributed by atoms with van der Waals surface area (Å²) in [6.07, 6.45) is 0. The molecule has 10 rings (SSSR count). The second-order valence-electron chi connectivity index (χ2n) is 12.2. The van der Waals surface area contributed by atoms with Crippen molar-refractivity contribution in [1.82, 2.24) is 9.97 Å². The topological polar surface area (TPSA) is 25.8 Å². The number of nitrogens with zero attached hydrogens (tertiary/aromatic N) is 2. The maximum Gasteiger partial charge on any atom is 0.0972 e. The number of hydrogen-bond acceptors (Lipinski definition) is 3. The molecule has 0 aliphatic rings. The lowest BCUT2D eigenvalue weighted by molar-refractivity contribution is 1.36. The van der Waals surface area contributed by atoms with Gasteiger partial charge in [0.1, 0.15) is 0 Å². The van der Waals surface area contributed by atoms with E-state index >= 15 is 0 Å². The summed E-state index contributed by atoms with van der Waals surface area (Å²) in [7, 11) is 0. The number of benzene rings is 7. The number of pyridine rings is 2. The largest absolute Gasteiger partial charge is 0.245 e. The molecule has 3 heterocycles. The van der Waals surface area contributed by atoms with Gasteiger partial charge in [0.05, 0.1) is 22.4 Å². The summed E-state index contributed by atoms with van der Waals surface area (Å²) in [4.78, 5) is 10.3. The van der Waals surface area contributed by atoms with E-state index < -0.39 is 0 Å². The standard InChI is InChI=1S/C44H26N2S/c1-2-8-28(9-3-1)38-24-21-30-18-19-31-22-25-39(46-43(31)42(30)45-38)29-16-14-27(15-17-29)37-26-32-20-23-36-34-11-6-7-13-40(34)47-44(36)41(32)35-12-5-4-10-33(35)37/h1-26H. The van der Waals surface area contributed by atoms with Gasteiger partial charge in [-0.1, -0.05) is 133 Å². The summed E-state index contributed by atoms with van der Waals surface area (Å²) in [6.45, 7) is 0. The van der Waals surface area contributed by atoms with Gasteiger partial charge in [0.25, 0.3) is 0 Å². The third kappa shape index (κ3) is 4.17. The van der Waals surface area contributed by atoms with Crippen LogP contribution in [0.25, 0.3) is 97.2 Å². The van der Waals surface area contributed by atoms with Crippen LogP contribution in [0.2, 0.25) is 0 Å². The molecule has 0 spiro atoms. The van der Waals surface area contributed by atoms with Crippen LogP contribution in [-0.2, 0) is 0 Å².